The molecule has 2 aromatic carbocycles. The Morgan fingerprint density at radius 2 is 0.945 bits per heavy atom. The van der Waals surface area contributed by atoms with Gasteiger partial charge in [-0.2, -0.15) is 15.3 Å². The lowest BCUT2D eigenvalue weighted by molar-refractivity contribution is 0.378. The van der Waals surface area contributed by atoms with Crippen LogP contribution in [-0.4, -0.2) is 39.3 Å². The van der Waals surface area contributed by atoms with Crippen molar-refractivity contribution in [2.75, 3.05) is 5.73 Å². The van der Waals surface area contributed by atoms with E-state index in [4.69, 9.17) is 17.3 Å². The smallest absolute Gasteiger partial charge is 0.123 e. The van der Waals surface area contributed by atoms with E-state index in [1.54, 1.807) is 11.3 Å². The van der Waals surface area contributed by atoms with Gasteiger partial charge in [0.2, 0.25) is 0 Å². The number of anilines is 1. The van der Waals surface area contributed by atoms with Gasteiger partial charge >= 0.3 is 0 Å². The maximum atomic E-state index is 5.88. The van der Waals surface area contributed by atoms with Gasteiger partial charge in [0.25, 0.3) is 0 Å². The normalized spacial score (nSPS) is 11.8. The highest BCUT2D eigenvalue weighted by Gasteiger charge is 2.22. The van der Waals surface area contributed by atoms with Crippen LogP contribution in [0.15, 0.2) is 133 Å². The minimum Gasteiger partial charge on any atom is -0.384 e. The van der Waals surface area contributed by atoms with E-state index in [1.807, 2.05) is 114 Å². The largest absolute Gasteiger partial charge is 0.384 e. The third-order valence-electron chi connectivity index (χ3n) is 11.8. The quantitative estimate of drug-likeness (QED) is 0.170. The van der Waals surface area contributed by atoms with Crippen LogP contribution >= 0.6 is 22.9 Å². The van der Waals surface area contributed by atoms with E-state index in [0.717, 1.165) is 40.5 Å². The van der Waals surface area contributed by atoms with Crippen molar-refractivity contribution in [3.05, 3.63) is 166 Å². The Balaban J connectivity index is 0.000000199. The number of nitrogens with zero attached hydrogens (tertiary/aromatic N) is 8. The molecule has 0 saturated heterocycles. The number of rotatable bonds is 7. The highest BCUT2D eigenvalue weighted by molar-refractivity contribution is 7.13. The fraction of sp³-hybridized carbons (Fsp3) is 0.435. The maximum Gasteiger partial charge on any atom is 0.123 e. The number of aryl methyl sites for hydroxylation is 5. The first-order chi connectivity index (χ1) is 33.9. The van der Waals surface area contributed by atoms with Gasteiger partial charge in [-0.3, -0.25) is 19.0 Å². The fourth-order valence-electron chi connectivity index (χ4n) is 7.73. The lowest BCUT2D eigenvalue weighted by atomic mass is 9.89. The molecule has 0 saturated carbocycles. The molecule has 0 bridgehead atoms. The molecule has 0 spiro atoms. The van der Waals surface area contributed by atoms with Crippen LogP contribution in [0.4, 0.5) is 5.82 Å². The first-order valence-corrected chi connectivity index (χ1v) is 26.7. The van der Waals surface area contributed by atoms with Gasteiger partial charge in [0.15, 0.2) is 0 Å². The molecule has 0 aliphatic rings. The second kappa shape index (κ2) is 25.9. The molecule has 6 heterocycles. The summed E-state index contributed by atoms with van der Waals surface area (Å²) < 4.78 is 5.90. The summed E-state index contributed by atoms with van der Waals surface area (Å²) in [6.07, 6.45) is 10.2. The zero-order chi connectivity index (χ0) is 54.4. The minimum atomic E-state index is 0.104. The van der Waals surface area contributed by atoms with Crippen LogP contribution in [-0.2, 0) is 50.2 Å². The Hall–Kier alpha value is -5.84. The number of aromatic nitrogens is 8. The van der Waals surface area contributed by atoms with E-state index < -0.39 is 0 Å². The van der Waals surface area contributed by atoms with Gasteiger partial charge < -0.3 is 5.73 Å². The Morgan fingerprint density at radius 1 is 0.493 bits per heavy atom. The summed E-state index contributed by atoms with van der Waals surface area (Å²) in [4.78, 5) is 9.38. The van der Waals surface area contributed by atoms with Crippen LogP contribution < -0.4 is 5.73 Å². The van der Waals surface area contributed by atoms with Crippen molar-refractivity contribution in [3.63, 3.8) is 0 Å². The van der Waals surface area contributed by atoms with Gasteiger partial charge in [0.05, 0.1) is 16.3 Å². The van der Waals surface area contributed by atoms with Crippen molar-refractivity contribution in [2.45, 2.75) is 146 Å². The standard InChI is InChI=1S/C14H17ClN2.C14H18N2.C12H16N2S.C11H18N2.C11H17N/c1-14(2,3)13-9-12(16-17(13)4)10-5-7-11(15)8-6-10;1-14(2,3)13-10-12(15-16(13)4)11-8-6-5-7-9-11;1-12(2,3)11-8-9(13-14(11)4)10-6-5-7-15-10;1-11(2,3)7-6-9-4-5-10(12)13-8-9;1-11(2,3)7-6-10-5-4-8-12-9-10/h5-9H,1-4H3;5-10H,1-4H3;5-8H,1-4H3;4-5,8H,6-7H2,1-3H3,(H2,12,13);4-5,8-9H,6-7H2,1-3H3. The molecule has 0 amide bonds. The zero-order valence-corrected chi connectivity index (χ0v) is 49.0. The van der Waals surface area contributed by atoms with E-state index in [2.05, 4.69) is 183 Å². The molecule has 8 aromatic rings. The van der Waals surface area contributed by atoms with Crippen molar-refractivity contribution in [3.8, 4) is 33.1 Å². The lowest BCUT2D eigenvalue weighted by Gasteiger charge is -2.17. The predicted octanol–water partition coefficient (Wildman–Crippen LogP) is 16.6. The molecule has 73 heavy (non-hydrogen) atoms. The van der Waals surface area contributed by atoms with E-state index in [1.165, 1.54) is 51.5 Å². The summed E-state index contributed by atoms with van der Waals surface area (Å²) in [7, 11) is 6.00. The summed E-state index contributed by atoms with van der Waals surface area (Å²) in [6, 6.07) is 36.8. The molecule has 0 aliphatic heterocycles. The minimum absolute atomic E-state index is 0.104. The number of hydrogen-bond acceptors (Lipinski definition) is 7. The molecule has 2 N–H and O–H groups in total. The molecule has 0 fully saturated rings. The molecule has 392 valence electrons. The second-order valence-corrected chi connectivity index (χ2v) is 25.7. The Bertz CT molecular complexity index is 2820. The lowest BCUT2D eigenvalue weighted by Crippen LogP contribution is -2.16. The fourth-order valence-corrected chi connectivity index (χ4v) is 8.54. The van der Waals surface area contributed by atoms with E-state index in [9.17, 15) is 0 Å². The summed E-state index contributed by atoms with van der Waals surface area (Å²) in [6.45, 7) is 33.4. The van der Waals surface area contributed by atoms with Gasteiger partial charge in [-0.15, -0.1) is 11.3 Å². The van der Waals surface area contributed by atoms with Crippen molar-refractivity contribution in [1.82, 2.24) is 39.3 Å². The SMILES string of the molecule is CC(C)(C)CCc1ccc(N)nc1.CC(C)(C)CCc1cccnc1.Cn1nc(-c2ccc(Cl)cc2)cc1C(C)(C)C.Cn1nc(-c2ccccc2)cc1C(C)(C)C.Cn1nc(-c2cccs2)cc1C(C)(C)C. The number of thiophene rings is 1. The summed E-state index contributed by atoms with van der Waals surface area (Å²) in [5.74, 6) is 0.597. The number of hydrogen-bond donors (Lipinski definition) is 1. The van der Waals surface area contributed by atoms with E-state index in [-0.39, 0.29) is 16.2 Å². The number of halogens is 1. The molecule has 0 atom stereocenters. The molecule has 0 unspecified atom stereocenters. The van der Waals surface area contributed by atoms with Crippen molar-refractivity contribution < 1.29 is 0 Å². The van der Waals surface area contributed by atoms with Crippen LogP contribution in [0.25, 0.3) is 33.1 Å². The number of pyridine rings is 2. The summed E-state index contributed by atoms with van der Waals surface area (Å²) in [5, 5.41) is 16.5. The van der Waals surface area contributed by atoms with Crippen molar-refractivity contribution >= 4 is 28.8 Å². The molecule has 8 rings (SSSR count). The highest BCUT2D eigenvalue weighted by Crippen LogP contribution is 2.31. The second-order valence-electron chi connectivity index (χ2n) is 24.3. The van der Waals surface area contributed by atoms with E-state index in [0.29, 0.717) is 16.6 Å². The van der Waals surface area contributed by atoms with Gasteiger partial charge in [-0.1, -0.05) is 176 Å². The Morgan fingerprint density at radius 3 is 1.33 bits per heavy atom. The maximum absolute atomic E-state index is 5.88. The topological polar surface area (TPSA) is 105 Å². The van der Waals surface area contributed by atoms with E-state index >= 15 is 0 Å². The zero-order valence-electron chi connectivity index (χ0n) is 47.5. The van der Waals surface area contributed by atoms with Crippen molar-refractivity contribution in [2.24, 2.45) is 32.0 Å². The first-order valence-electron chi connectivity index (χ1n) is 25.5. The average Bonchev–Trinajstić information content (AvgIpc) is 4.14. The van der Waals surface area contributed by atoms with Gasteiger partial charge in [-0.05, 0) is 102 Å². The number of benzene rings is 2. The third kappa shape index (κ3) is 20.5. The Kier molecular flexibility index (Phi) is 21.2. The monoisotopic (exact) mass is 1020 g/mol. The average molecular weight is 1020 g/mol. The molecular formula is C62H86ClN9S. The van der Waals surface area contributed by atoms with Crippen LogP contribution in [0.3, 0.4) is 0 Å². The highest BCUT2D eigenvalue weighted by atomic mass is 35.5. The summed E-state index contributed by atoms with van der Waals surface area (Å²) >= 11 is 7.62. The van der Waals surface area contributed by atoms with Gasteiger partial charge in [0, 0.05) is 89.2 Å². The van der Waals surface area contributed by atoms with Gasteiger partial charge in [-0.25, -0.2) is 4.98 Å². The molecule has 0 aliphatic carbocycles. The van der Waals surface area contributed by atoms with Crippen LogP contribution in [0, 0.1) is 10.8 Å². The van der Waals surface area contributed by atoms with Crippen LogP contribution in [0.1, 0.15) is 145 Å². The van der Waals surface area contributed by atoms with Crippen molar-refractivity contribution in [1.29, 1.82) is 0 Å². The molecule has 9 nitrogen and oxygen atoms in total. The van der Waals surface area contributed by atoms with Crippen LogP contribution in [0.2, 0.25) is 5.02 Å². The third-order valence-corrected chi connectivity index (χ3v) is 13.0. The molecular weight excluding hydrogens is 938 g/mol. The Labute approximate surface area is 448 Å². The molecule has 11 heteroatoms. The molecule has 0 radical (unpaired) electrons. The first kappa shape index (κ1) is 59.7. The number of nitrogens with two attached hydrogens (primary N) is 1. The number of nitrogen functional groups attached to an aromatic ring is 1. The van der Waals surface area contributed by atoms with Crippen LogP contribution in [0.5, 0.6) is 0 Å². The summed E-state index contributed by atoms with van der Waals surface area (Å²) in [5.41, 5.74) is 18.5. The van der Waals surface area contributed by atoms with Gasteiger partial charge in [0.1, 0.15) is 11.5 Å². The molecule has 6 aromatic heterocycles. The predicted molar refractivity (Wildman–Crippen MR) is 313 cm³/mol.